The van der Waals surface area contributed by atoms with Gasteiger partial charge >= 0.3 is 5.97 Å². The molecule has 0 fully saturated rings. The molecule has 1 unspecified atom stereocenters. The lowest BCUT2D eigenvalue weighted by atomic mass is 9.94. The van der Waals surface area contributed by atoms with E-state index in [9.17, 15) is 9.90 Å². The van der Waals surface area contributed by atoms with E-state index in [-0.39, 0.29) is 5.92 Å². The van der Waals surface area contributed by atoms with E-state index < -0.39 is 5.97 Å². The number of hydrogen-bond acceptors (Lipinski definition) is 1. The molecule has 0 aliphatic carbocycles. The Kier molecular flexibility index (Phi) is 31.2. The zero-order valence-corrected chi connectivity index (χ0v) is 25.9. The molecule has 1 atom stereocenters. The summed E-state index contributed by atoms with van der Waals surface area (Å²) in [6, 6.07) is 0. The first-order valence-electron chi connectivity index (χ1n) is 17.4. The Morgan fingerprint density at radius 1 is 0.378 bits per heavy atom. The first-order valence-corrected chi connectivity index (χ1v) is 17.4. The molecule has 0 saturated carbocycles. The van der Waals surface area contributed by atoms with Crippen molar-refractivity contribution in [3.8, 4) is 0 Å². The fourth-order valence-corrected chi connectivity index (χ4v) is 5.74. The van der Waals surface area contributed by atoms with Crippen LogP contribution in [0.15, 0.2) is 0 Å². The molecule has 0 aliphatic heterocycles. The largest absolute Gasteiger partial charge is 0.481 e. The molecule has 0 amide bonds. The van der Waals surface area contributed by atoms with Gasteiger partial charge in [-0.3, -0.25) is 4.79 Å². The van der Waals surface area contributed by atoms with Gasteiger partial charge in [0.1, 0.15) is 0 Å². The summed E-state index contributed by atoms with van der Waals surface area (Å²) in [5.41, 5.74) is 0. The van der Waals surface area contributed by atoms with Gasteiger partial charge in [0, 0.05) is 0 Å². The molecule has 2 nitrogen and oxygen atoms in total. The molecule has 2 heteroatoms. The third-order valence-corrected chi connectivity index (χ3v) is 8.41. The van der Waals surface area contributed by atoms with Crippen molar-refractivity contribution in [1.29, 1.82) is 0 Å². The highest BCUT2D eigenvalue weighted by Crippen LogP contribution is 2.20. The van der Waals surface area contributed by atoms with Crippen LogP contribution in [0.1, 0.15) is 213 Å². The smallest absolute Gasteiger partial charge is 0.306 e. The topological polar surface area (TPSA) is 37.3 Å². The van der Waals surface area contributed by atoms with Crippen LogP contribution in [-0.4, -0.2) is 11.1 Å². The van der Waals surface area contributed by atoms with Gasteiger partial charge in [0.25, 0.3) is 0 Å². The first-order chi connectivity index (χ1) is 18.2. The molecule has 0 aromatic carbocycles. The zero-order chi connectivity index (χ0) is 27.1. The SMILES string of the molecule is CCCCCCCCCCCCCCCCCCC(CCCCCCCCCCCCCCC)C(=O)O. The Labute approximate surface area is 234 Å². The van der Waals surface area contributed by atoms with Crippen LogP contribution in [0.25, 0.3) is 0 Å². The van der Waals surface area contributed by atoms with E-state index in [1.807, 2.05) is 0 Å². The summed E-state index contributed by atoms with van der Waals surface area (Å²) in [5.74, 6) is -0.653. The van der Waals surface area contributed by atoms with Gasteiger partial charge < -0.3 is 5.11 Å². The van der Waals surface area contributed by atoms with Crippen LogP contribution in [0.3, 0.4) is 0 Å². The lowest BCUT2D eigenvalue weighted by Crippen LogP contribution is -2.13. The van der Waals surface area contributed by atoms with Crippen molar-refractivity contribution in [3.63, 3.8) is 0 Å². The number of unbranched alkanes of at least 4 members (excludes halogenated alkanes) is 27. The second-order valence-corrected chi connectivity index (χ2v) is 12.2. The van der Waals surface area contributed by atoms with Crippen molar-refractivity contribution in [2.75, 3.05) is 0 Å². The van der Waals surface area contributed by atoms with Crippen LogP contribution >= 0.6 is 0 Å². The molecule has 0 saturated heterocycles. The summed E-state index contributed by atoms with van der Waals surface area (Å²) in [6.45, 7) is 4.57. The lowest BCUT2D eigenvalue weighted by Gasteiger charge is -2.12. The van der Waals surface area contributed by atoms with Crippen LogP contribution in [0.4, 0.5) is 0 Å². The van der Waals surface area contributed by atoms with Gasteiger partial charge in [-0.1, -0.05) is 200 Å². The van der Waals surface area contributed by atoms with Crippen molar-refractivity contribution in [2.45, 2.75) is 213 Å². The van der Waals surface area contributed by atoms with E-state index in [0.717, 1.165) is 25.7 Å². The number of hydrogen-bond donors (Lipinski definition) is 1. The highest BCUT2D eigenvalue weighted by atomic mass is 16.4. The Hall–Kier alpha value is -0.530. The van der Waals surface area contributed by atoms with E-state index >= 15 is 0 Å². The van der Waals surface area contributed by atoms with Crippen molar-refractivity contribution in [2.24, 2.45) is 5.92 Å². The molecule has 0 radical (unpaired) electrons. The highest BCUT2D eigenvalue weighted by Gasteiger charge is 2.16. The molecule has 0 heterocycles. The lowest BCUT2D eigenvalue weighted by molar-refractivity contribution is -0.142. The second kappa shape index (κ2) is 31.7. The van der Waals surface area contributed by atoms with Gasteiger partial charge in [-0.15, -0.1) is 0 Å². The van der Waals surface area contributed by atoms with Gasteiger partial charge in [0.05, 0.1) is 5.92 Å². The second-order valence-electron chi connectivity index (χ2n) is 12.2. The van der Waals surface area contributed by atoms with E-state index in [4.69, 9.17) is 0 Å². The van der Waals surface area contributed by atoms with Crippen molar-refractivity contribution in [3.05, 3.63) is 0 Å². The standard InChI is InChI=1S/C35H70O2/c1-3-5-7-9-11-13-15-17-18-19-21-23-25-27-29-31-33-34(35(36)37)32-30-28-26-24-22-20-16-14-12-10-8-6-4-2/h34H,3-33H2,1-2H3,(H,36,37). The molecule has 0 aromatic heterocycles. The third kappa shape index (κ3) is 29.9. The summed E-state index contributed by atoms with van der Waals surface area (Å²) in [5, 5.41) is 9.59. The highest BCUT2D eigenvalue weighted by molar-refractivity contribution is 5.69. The molecule has 0 aromatic rings. The Morgan fingerprint density at radius 3 is 0.757 bits per heavy atom. The number of carboxylic acid groups (broad SMARTS) is 1. The van der Waals surface area contributed by atoms with Gasteiger partial charge in [-0.05, 0) is 12.8 Å². The Morgan fingerprint density at radius 2 is 0.568 bits per heavy atom. The molecular weight excluding hydrogens is 452 g/mol. The maximum Gasteiger partial charge on any atom is 0.306 e. The first kappa shape index (κ1) is 36.5. The number of aliphatic carboxylic acids is 1. The molecule has 0 aliphatic rings. The van der Waals surface area contributed by atoms with E-state index in [1.165, 1.54) is 173 Å². The van der Waals surface area contributed by atoms with Crippen molar-refractivity contribution in [1.82, 2.24) is 0 Å². The molecule has 1 N–H and O–H groups in total. The molecule has 0 rings (SSSR count). The number of rotatable bonds is 32. The van der Waals surface area contributed by atoms with Crippen LogP contribution in [0.2, 0.25) is 0 Å². The maximum absolute atomic E-state index is 11.6. The summed E-state index contributed by atoms with van der Waals surface area (Å²) < 4.78 is 0. The van der Waals surface area contributed by atoms with E-state index in [1.54, 1.807) is 0 Å². The summed E-state index contributed by atoms with van der Waals surface area (Å²) >= 11 is 0. The van der Waals surface area contributed by atoms with Crippen LogP contribution in [0.5, 0.6) is 0 Å². The average molecular weight is 523 g/mol. The van der Waals surface area contributed by atoms with Gasteiger partial charge in [0.2, 0.25) is 0 Å². The fourth-order valence-electron chi connectivity index (χ4n) is 5.74. The molecular formula is C35H70O2. The minimum atomic E-state index is -0.556. The van der Waals surface area contributed by atoms with Crippen molar-refractivity contribution >= 4 is 5.97 Å². The maximum atomic E-state index is 11.6. The van der Waals surface area contributed by atoms with Crippen LogP contribution in [0, 0.1) is 5.92 Å². The molecule has 0 spiro atoms. The summed E-state index contributed by atoms with van der Waals surface area (Å²) in [7, 11) is 0. The third-order valence-electron chi connectivity index (χ3n) is 8.41. The number of carbonyl (C=O) groups is 1. The zero-order valence-electron chi connectivity index (χ0n) is 25.9. The summed E-state index contributed by atoms with van der Waals surface area (Å²) in [6.07, 6.45) is 41.4. The minimum absolute atomic E-state index is 0.0978. The number of carboxylic acids is 1. The van der Waals surface area contributed by atoms with Crippen LogP contribution < -0.4 is 0 Å². The van der Waals surface area contributed by atoms with E-state index in [0.29, 0.717) is 0 Å². The fraction of sp³-hybridized carbons (Fsp3) is 0.971. The quantitative estimate of drug-likeness (QED) is 0.0892. The molecule has 37 heavy (non-hydrogen) atoms. The predicted octanol–water partition coefficient (Wildman–Crippen LogP) is 12.8. The Balaban J connectivity index is 3.38. The average Bonchev–Trinajstić information content (AvgIpc) is 2.89. The van der Waals surface area contributed by atoms with Gasteiger partial charge in [-0.25, -0.2) is 0 Å². The minimum Gasteiger partial charge on any atom is -0.481 e. The van der Waals surface area contributed by atoms with Gasteiger partial charge in [-0.2, -0.15) is 0 Å². The van der Waals surface area contributed by atoms with E-state index in [2.05, 4.69) is 13.8 Å². The van der Waals surface area contributed by atoms with Crippen molar-refractivity contribution < 1.29 is 9.90 Å². The Bertz CT molecular complexity index is 433. The van der Waals surface area contributed by atoms with Crippen LogP contribution in [-0.2, 0) is 4.79 Å². The monoisotopic (exact) mass is 523 g/mol. The predicted molar refractivity (Wildman–Crippen MR) is 166 cm³/mol. The summed E-state index contributed by atoms with van der Waals surface area (Å²) in [4.78, 5) is 11.6. The van der Waals surface area contributed by atoms with Gasteiger partial charge in [0.15, 0.2) is 0 Å². The normalized spacial score (nSPS) is 12.3. The molecule has 0 bridgehead atoms. The molecule has 222 valence electrons.